The topological polar surface area (TPSA) is 38.0 Å². The normalized spacial score (nSPS) is 32.5. The SMILES string of the molecule is CC1CCCC(NCC2(CN)CCCCCC2)CC1. The Kier molecular flexibility index (Phi) is 6.15. The van der Waals surface area contributed by atoms with Crippen LogP contribution in [0.25, 0.3) is 0 Å². The summed E-state index contributed by atoms with van der Waals surface area (Å²) in [5, 5.41) is 3.89. The Hall–Kier alpha value is -0.0800. The summed E-state index contributed by atoms with van der Waals surface area (Å²) in [6.45, 7) is 4.46. The first-order valence-corrected chi connectivity index (χ1v) is 8.68. The highest BCUT2D eigenvalue weighted by atomic mass is 14.9. The lowest BCUT2D eigenvalue weighted by Gasteiger charge is -2.33. The molecule has 2 saturated carbocycles. The molecule has 0 aliphatic heterocycles. The van der Waals surface area contributed by atoms with Crippen molar-refractivity contribution >= 4 is 0 Å². The molecule has 0 amide bonds. The van der Waals surface area contributed by atoms with Crippen molar-refractivity contribution in [3.8, 4) is 0 Å². The van der Waals surface area contributed by atoms with E-state index in [2.05, 4.69) is 12.2 Å². The van der Waals surface area contributed by atoms with Crippen LogP contribution in [0, 0.1) is 11.3 Å². The van der Waals surface area contributed by atoms with E-state index in [0.29, 0.717) is 5.41 Å². The molecule has 2 atom stereocenters. The van der Waals surface area contributed by atoms with Crippen LogP contribution in [0.2, 0.25) is 0 Å². The maximum atomic E-state index is 6.14. The Balaban J connectivity index is 1.81. The fourth-order valence-corrected chi connectivity index (χ4v) is 3.98. The summed E-state index contributed by atoms with van der Waals surface area (Å²) in [6, 6.07) is 0.761. The minimum absolute atomic E-state index is 0.411. The van der Waals surface area contributed by atoms with Gasteiger partial charge in [0.25, 0.3) is 0 Å². The van der Waals surface area contributed by atoms with E-state index < -0.39 is 0 Å². The van der Waals surface area contributed by atoms with E-state index in [4.69, 9.17) is 5.73 Å². The molecule has 19 heavy (non-hydrogen) atoms. The van der Waals surface area contributed by atoms with Gasteiger partial charge in [-0.05, 0) is 50.0 Å². The van der Waals surface area contributed by atoms with Crippen molar-refractivity contribution in [3.63, 3.8) is 0 Å². The second kappa shape index (κ2) is 7.64. The van der Waals surface area contributed by atoms with Crippen molar-refractivity contribution in [2.75, 3.05) is 13.1 Å². The average Bonchev–Trinajstić information content (AvgIpc) is 2.78. The fraction of sp³-hybridized carbons (Fsp3) is 1.00. The lowest BCUT2D eigenvalue weighted by atomic mass is 9.80. The molecule has 2 unspecified atom stereocenters. The molecule has 2 nitrogen and oxygen atoms in total. The molecular formula is C17H34N2. The molecule has 0 aromatic carbocycles. The van der Waals surface area contributed by atoms with Gasteiger partial charge in [0.1, 0.15) is 0 Å². The maximum absolute atomic E-state index is 6.14. The minimum atomic E-state index is 0.411. The minimum Gasteiger partial charge on any atom is -0.330 e. The van der Waals surface area contributed by atoms with Crippen molar-refractivity contribution in [3.05, 3.63) is 0 Å². The smallest absolute Gasteiger partial charge is 0.00674 e. The molecule has 3 N–H and O–H groups in total. The van der Waals surface area contributed by atoms with Crippen molar-refractivity contribution in [2.45, 2.75) is 83.6 Å². The standard InChI is InChI=1S/C17H34N2/c1-15-7-6-8-16(10-9-15)19-14-17(13-18)11-4-2-3-5-12-17/h15-16,19H,2-14,18H2,1H3. The summed E-state index contributed by atoms with van der Waals surface area (Å²) in [5.74, 6) is 0.938. The van der Waals surface area contributed by atoms with Crippen molar-refractivity contribution in [1.29, 1.82) is 0 Å². The Bertz CT molecular complexity index is 244. The molecule has 2 rings (SSSR count). The van der Waals surface area contributed by atoms with Crippen LogP contribution in [0.15, 0.2) is 0 Å². The van der Waals surface area contributed by atoms with E-state index in [-0.39, 0.29) is 0 Å². The molecule has 0 saturated heterocycles. The predicted octanol–water partition coefficient (Wildman–Crippen LogP) is 3.84. The number of nitrogens with one attached hydrogen (secondary N) is 1. The van der Waals surface area contributed by atoms with E-state index in [1.54, 1.807) is 0 Å². The highest BCUT2D eigenvalue weighted by Gasteiger charge is 2.30. The molecule has 2 aliphatic rings. The van der Waals surface area contributed by atoms with Crippen LogP contribution in [-0.2, 0) is 0 Å². The highest BCUT2D eigenvalue weighted by Crippen LogP contribution is 2.34. The van der Waals surface area contributed by atoms with Crippen LogP contribution in [0.3, 0.4) is 0 Å². The summed E-state index contributed by atoms with van der Waals surface area (Å²) < 4.78 is 0. The molecule has 0 aromatic heterocycles. The Morgan fingerprint density at radius 3 is 2.37 bits per heavy atom. The highest BCUT2D eigenvalue weighted by molar-refractivity contribution is 4.86. The molecule has 112 valence electrons. The monoisotopic (exact) mass is 266 g/mol. The number of rotatable bonds is 4. The number of hydrogen-bond acceptors (Lipinski definition) is 2. The maximum Gasteiger partial charge on any atom is 0.00674 e. The molecule has 0 heterocycles. The molecule has 0 bridgehead atoms. The van der Waals surface area contributed by atoms with Crippen LogP contribution < -0.4 is 11.1 Å². The second-order valence-electron chi connectivity index (χ2n) is 7.31. The first kappa shape index (κ1) is 15.3. The van der Waals surface area contributed by atoms with E-state index in [0.717, 1.165) is 18.5 Å². The van der Waals surface area contributed by atoms with E-state index in [1.807, 2.05) is 0 Å². The van der Waals surface area contributed by atoms with E-state index in [9.17, 15) is 0 Å². The van der Waals surface area contributed by atoms with Crippen LogP contribution >= 0.6 is 0 Å². The third-order valence-electron chi connectivity index (χ3n) is 5.62. The summed E-state index contributed by atoms with van der Waals surface area (Å²) >= 11 is 0. The molecule has 2 aliphatic carbocycles. The Morgan fingerprint density at radius 2 is 1.68 bits per heavy atom. The summed E-state index contributed by atoms with van der Waals surface area (Å²) in [7, 11) is 0. The van der Waals surface area contributed by atoms with Crippen molar-refractivity contribution < 1.29 is 0 Å². The predicted molar refractivity (Wildman–Crippen MR) is 83.2 cm³/mol. The zero-order chi connectivity index (χ0) is 13.6. The van der Waals surface area contributed by atoms with Gasteiger partial charge in [0.05, 0.1) is 0 Å². The van der Waals surface area contributed by atoms with Crippen molar-refractivity contribution in [1.82, 2.24) is 5.32 Å². The molecule has 0 spiro atoms. The van der Waals surface area contributed by atoms with E-state index >= 15 is 0 Å². The van der Waals surface area contributed by atoms with Crippen LogP contribution in [-0.4, -0.2) is 19.1 Å². The third kappa shape index (κ3) is 4.75. The molecule has 0 aromatic rings. The number of nitrogens with two attached hydrogens (primary N) is 1. The zero-order valence-electron chi connectivity index (χ0n) is 12.9. The van der Waals surface area contributed by atoms with Gasteiger partial charge < -0.3 is 11.1 Å². The summed E-state index contributed by atoms with van der Waals surface area (Å²) in [4.78, 5) is 0. The third-order valence-corrected chi connectivity index (χ3v) is 5.62. The van der Waals surface area contributed by atoms with Gasteiger partial charge in [-0.1, -0.05) is 45.4 Å². The first-order valence-electron chi connectivity index (χ1n) is 8.68. The lowest BCUT2D eigenvalue weighted by molar-refractivity contribution is 0.227. The van der Waals surface area contributed by atoms with Gasteiger partial charge in [-0.3, -0.25) is 0 Å². The molecular weight excluding hydrogens is 232 g/mol. The largest absolute Gasteiger partial charge is 0.330 e. The van der Waals surface area contributed by atoms with Gasteiger partial charge >= 0.3 is 0 Å². The summed E-state index contributed by atoms with van der Waals surface area (Å²) in [6.07, 6.45) is 15.3. The summed E-state index contributed by atoms with van der Waals surface area (Å²) in [5.41, 5.74) is 6.55. The number of hydrogen-bond donors (Lipinski definition) is 2. The van der Waals surface area contributed by atoms with Gasteiger partial charge in [-0.2, -0.15) is 0 Å². The van der Waals surface area contributed by atoms with Crippen LogP contribution in [0.1, 0.15) is 77.6 Å². The van der Waals surface area contributed by atoms with Gasteiger partial charge in [-0.15, -0.1) is 0 Å². The average molecular weight is 266 g/mol. The molecule has 0 radical (unpaired) electrons. The quantitative estimate of drug-likeness (QED) is 0.759. The molecule has 2 fully saturated rings. The van der Waals surface area contributed by atoms with Crippen molar-refractivity contribution in [2.24, 2.45) is 17.1 Å². The van der Waals surface area contributed by atoms with Crippen LogP contribution in [0.5, 0.6) is 0 Å². The zero-order valence-corrected chi connectivity index (χ0v) is 12.9. The Labute approximate surface area is 119 Å². The Morgan fingerprint density at radius 1 is 0.947 bits per heavy atom. The van der Waals surface area contributed by atoms with E-state index in [1.165, 1.54) is 77.2 Å². The second-order valence-corrected chi connectivity index (χ2v) is 7.31. The van der Waals surface area contributed by atoms with Gasteiger partial charge in [0.15, 0.2) is 0 Å². The van der Waals surface area contributed by atoms with Crippen LogP contribution in [0.4, 0.5) is 0 Å². The van der Waals surface area contributed by atoms with Gasteiger partial charge in [0, 0.05) is 12.6 Å². The van der Waals surface area contributed by atoms with Gasteiger partial charge in [-0.25, -0.2) is 0 Å². The lowest BCUT2D eigenvalue weighted by Crippen LogP contribution is -2.43. The fourth-order valence-electron chi connectivity index (χ4n) is 3.98. The first-order chi connectivity index (χ1) is 9.24. The molecule has 2 heteroatoms. The van der Waals surface area contributed by atoms with Gasteiger partial charge in [0.2, 0.25) is 0 Å².